The van der Waals surface area contributed by atoms with Gasteiger partial charge < -0.3 is 14.8 Å². The highest BCUT2D eigenvalue weighted by molar-refractivity contribution is 5.96. The lowest BCUT2D eigenvalue weighted by atomic mass is 10.2. The van der Waals surface area contributed by atoms with Gasteiger partial charge in [-0.2, -0.15) is 0 Å². The van der Waals surface area contributed by atoms with Crippen LogP contribution in [0.25, 0.3) is 0 Å². The summed E-state index contributed by atoms with van der Waals surface area (Å²) in [6.45, 7) is -0.424. The summed E-state index contributed by atoms with van der Waals surface area (Å²) >= 11 is 0. The molecule has 2 aromatic rings. The van der Waals surface area contributed by atoms with Crippen molar-refractivity contribution < 1.29 is 23.9 Å². The first-order chi connectivity index (χ1) is 11.1. The Morgan fingerprint density at radius 2 is 1.78 bits per heavy atom. The first-order valence-electron chi connectivity index (χ1n) is 6.65. The predicted molar refractivity (Wildman–Crippen MR) is 80.9 cm³/mol. The molecule has 23 heavy (non-hydrogen) atoms. The quantitative estimate of drug-likeness (QED) is 0.844. The van der Waals surface area contributed by atoms with E-state index >= 15 is 0 Å². The van der Waals surface area contributed by atoms with Crippen molar-refractivity contribution in [2.24, 2.45) is 0 Å². The number of rotatable bonds is 5. The van der Waals surface area contributed by atoms with E-state index < -0.39 is 24.5 Å². The minimum absolute atomic E-state index is 0.266. The normalized spacial score (nSPS) is 9.78. The van der Waals surface area contributed by atoms with Crippen molar-refractivity contribution in [2.45, 2.75) is 0 Å². The Kier molecular flexibility index (Phi) is 5.40. The number of carbonyl (C=O) groups is 3. The molecule has 7 nitrogen and oxygen atoms in total. The summed E-state index contributed by atoms with van der Waals surface area (Å²) in [6.07, 6.45) is 2.88. The number of nitrogens with zero attached hydrogens (tertiary/aromatic N) is 1. The van der Waals surface area contributed by atoms with Crippen LogP contribution in [0, 0.1) is 0 Å². The van der Waals surface area contributed by atoms with Gasteiger partial charge in [0.1, 0.15) is 0 Å². The maximum absolute atomic E-state index is 11.7. The second kappa shape index (κ2) is 7.69. The first kappa shape index (κ1) is 16.2. The summed E-state index contributed by atoms with van der Waals surface area (Å²) in [6, 6.07) is 9.27. The van der Waals surface area contributed by atoms with E-state index in [1.165, 1.54) is 31.6 Å². The molecular formula is C16H14N2O5. The Labute approximate surface area is 132 Å². The molecular weight excluding hydrogens is 300 g/mol. The second-order valence-electron chi connectivity index (χ2n) is 4.43. The Bertz CT molecular complexity index is 698. The molecule has 1 amide bonds. The van der Waals surface area contributed by atoms with Crippen molar-refractivity contribution in [1.29, 1.82) is 0 Å². The zero-order valence-corrected chi connectivity index (χ0v) is 12.3. The average molecular weight is 314 g/mol. The fourth-order valence-corrected chi connectivity index (χ4v) is 1.70. The van der Waals surface area contributed by atoms with Crippen LogP contribution in [0.4, 0.5) is 5.69 Å². The van der Waals surface area contributed by atoms with Gasteiger partial charge in [-0.25, -0.2) is 9.59 Å². The summed E-state index contributed by atoms with van der Waals surface area (Å²) in [4.78, 5) is 38.5. The molecule has 7 heteroatoms. The van der Waals surface area contributed by atoms with Gasteiger partial charge in [0.25, 0.3) is 5.91 Å². The molecule has 0 fully saturated rings. The molecule has 0 radical (unpaired) electrons. The minimum Gasteiger partial charge on any atom is -0.465 e. The summed E-state index contributed by atoms with van der Waals surface area (Å²) < 4.78 is 9.45. The lowest BCUT2D eigenvalue weighted by molar-refractivity contribution is -0.119. The van der Waals surface area contributed by atoms with Crippen LogP contribution in [0.2, 0.25) is 0 Å². The number of hydrogen-bond acceptors (Lipinski definition) is 6. The molecule has 1 heterocycles. The number of amides is 1. The van der Waals surface area contributed by atoms with Gasteiger partial charge in [0.2, 0.25) is 0 Å². The third kappa shape index (κ3) is 4.63. The van der Waals surface area contributed by atoms with E-state index in [1.54, 1.807) is 24.3 Å². The first-order valence-corrected chi connectivity index (χ1v) is 6.65. The molecule has 0 aliphatic heterocycles. The minimum atomic E-state index is -0.630. The lowest BCUT2D eigenvalue weighted by Gasteiger charge is -2.07. The van der Waals surface area contributed by atoms with E-state index in [0.717, 1.165) is 0 Å². The van der Waals surface area contributed by atoms with Gasteiger partial charge in [0.15, 0.2) is 6.61 Å². The van der Waals surface area contributed by atoms with Crippen molar-refractivity contribution in [2.75, 3.05) is 19.0 Å². The molecule has 0 unspecified atom stereocenters. The third-order valence-corrected chi connectivity index (χ3v) is 2.82. The summed E-state index contributed by atoms with van der Waals surface area (Å²) in [5, 5.41) is 2.55. The molecule has 1 N–H and O–H groups in total. The van der Waals surface area contributed by atoms with E-state index in [0.29, 0.717) is 11.3 Å². The Morgan fingerprint density at radius 3 is 2.39 bits per heavy atom. The van der Waals surface area contributed by atoms with Gasteiger partial charge in [-0.15, -0.1) is 0 Å². The number of carbonyl (C=O) groups excluding carboxylic acids is 3. The average Bonchev–Trinajstić information content (AvgIpc) is 2.60. The van der Waals surface area contributed by atoms with Gasteiger partial charge in [-0.3, -0.25) is 9.78 Å². The number of esters is 2. The number of methoxy groups -OCH3 is 1. The van der Waals surface area contributed by atoms with Crippen LogP contribution >= 0.6 is 0 Å². The van der Waals surface area contributed by atoms with Crippen LogP contribution in [0.15, 0.2) is 48.8 Å². The smallest absolute Gasteiger partial charge is 0.340 e. The van der Waals surface area contributed by atoms with Crippen LogP contribution in [0.5, 0.6) is 0 Å². The zero-order chi connectivity index (χ0) is 16.7. The highest BCUT2D eigenvalue weighted by Crippen LogP contribution is 2.10. The molecule has 0 saturated carbocycles. The number of anilines is 1. The molecule has 0 aliphatic rings. The molecule has 118 valence electrons. The number of ether oxygens (including phenoxy) is 2. The van der Waals surface area contributed by atoms with E-state index in [1.807, 2.05) is 0 Å². The van der Waals surface area contributed by atoms with Crippen LogP contribution < -0.4 is 5.32 Å². The maximum Gasteiger partial charge on any atom is 0.340 e. The zero-order valence-electron chi connectivity index (χ0n) is 12.3. The van der Waals surface area contributed by atoms with E-state index in [9.17, 15) is 14.4 Å². The van der Waals surface area contributed by atoms with Gasteiger partial charge in [0, 0.05) is 18.1 Å². The number of benzene rings is 1. The standard InChI is InChI=1S/C16H14N2O5/c1-22-15(20)11-4-6-13(7-5-11)18-14(19)10-23-16(21)12-3-2-8-17-9-12/h2-9H,10H2,1H3,(H,18,19). The molecule has 2 rings (SSSR count). The van der Waals surface area contributed by atoms with Crippen molar-refractivity contribution >= 4 is 23.5 Å². The van der Waals surface area contributed by atoms with E-state index in [-0.39, 0.29) is 5.56 Å². The van der Waals surface area contributed by atoms with Crippen LogP contribution in [-0.2, 0) is 14.3 Å². The van der Waals surface area contributed by atoms with Crippen LogP contribution in [-0.4, -0.2) is 36.5 Å². The molecule has 1 aromatic heterocycles. The van der Waals surface area contributed by atoms with Crippen molar-refractivity contribution in [3.63, 3.8) is 0 Å². The molecule has 0 saturated heterocycles. The summed E-state index contributed by atoms with van der Waals surface area (Å²) in [7, 11) is 1.29. The molecule has 0 bridgehead atoms. The number of aromatic nitrogens is 1. The largest absolute Gasteiger partial charge is 0.465 e. The molecule has 0 spiro atoms. The Hall–Kier alpha value is -3.22. The van der Waals surface area contributed by atoms with E-state index in [2.05, 4.69) is 15.0 Å². The van der Waals surface area contributed by atoms with Crippen molar-refractivity contribution in [3.8, 4) is 0 Å². The summed E-state index contributed by atoms with van der Waals surface area (Å²) in [5.74, 6) is -1.59. The second-order valence-corrected chi connectivity index (χ2v) is 4.43. The highest BCUT2D eigenvalue weighted by atomic mass is 16.5. The number of nitrogens with one attached hydrogen (secondary N) is 1. The fourth-order valence-electron chi connectivity index (χ4n) is 1.70. The fraction of sp³-hybridized carbons (Fsp3) is 0.125. The Morgan fingerprint density at radius 1 is 1.04 bits per heavy atom. The topological polar surface area (TPSA) is 94.6 Å². The van der Waals surface area contributed by atoms with Gasteiger partial charge in [0.05, 0.1) is 18.2 Å². The van der Waals surface area contributed by atoms with Crippen molar-refractivity contribution in [3.05, 3.63) is 59.9 Å². The van der Waals surface area contributed by atoms with Gasteiger partial charge >= 0.3 is 11.9 Å². The highest BCUT2D eigenvalue weighted by Gasteiger charge is 2.11. The lowest BCUT2D eigenvalue weighted by Crippen LogP contribution is -2.21. The number of hydrogen-bond donors (Lipinski definition) is 1. The van der Waals surface area contributed by atoms with Crippen molar-refractivity contribution in [1.82, 2.24) is 4.98 Å². The van der Waals surface area contributed by atoms with E-state index in [4.69, 9.17) is 4.74 Å². The molecule has 1 aromatic carbocycles. The maximum atomic E-state index is 11.7. The molecule has 0 atom stereocenters. The van der Waals surface area contributed by atoms with Gasteiger partial charge in [-0.1, -0.05) is 0 Å². The third-order valence-electron chi connectivity index (χ3n) is 2.82. The SMILES string of the molecule is COC(=O)c1ccc(NC(=O)COC(=O)c2cccnc2)cc1. The monoisotopic (exact) mass is 314 g/mol. The molecule has 0 aliphatic carbocycles. The van der Waals surface area contributed by atoms with Crippen LogP contribution in [0.3, 0.4) is 0 Å². The predicted octanol–water partition coefficient (Wildman–Crippen LogP) is 1.66. The van der Waals surface area contributed by atoms with Crippen LogP contribution in [0.1, 0.15) is 20.7 Å². The summed E-state index contributed by atoms with van der Waals surface area (Å²) in [5.41, 5.74) is 1.11. The number of pyridine rings is 1. The van der Waals surface area contributed by atoms with Gasteiger partial charge in [-0.05, 0) is 36.4 Å². The Balaban J connectivity index is 1.85.